The lowest BCUT2D eigenvalue weighted by molar-refractivity contribution is -0.659. The molecule has 0 aliphatic carbocycles. The van der Waals surface area contributed by atoms with Crippen molar-refractivity contribution in [3.8, 4) is 22.6 Å². The van der Waals surface area contributed by atoms with E-state index in [0.29, 0.717) is 0 Å². The van der Waals surface area contributed by atoms with Crippen molar-refractivity contribution in [3.63, 3.8) is 0 Å². The summed E-state index contributed by atoms with van der Waals surface area (Å²) in [6.07, 6.45) is 2.30. The van der Waals surface area contributed by atoms with E-state index in [0.717, 1.165) is 50.1 Å². The fourth-order valence-corrected chi connectivity index (χ4v) is 7.80. The molecule has 10 rings (SSSR count). The van der Waals surface area contributed by atoms with Crippen molar-refractivity contribution in [2.24, 2.45) is 7.05 Å². The first-order valence-electron chi connectivity index (χ1n) is 16.1. The lowest BCUT2D eigenvalue weighted by Crippen LogP contribution is -2.30. The van der Waals surface area contributed by atoms with Gasteiger partial charge in [-0.25, -0.2) is 4.57 Å². The van der Waals surface area contributed by atoms with E-state index in [2.05, 4.69) is 167 Å². The Bertz CT molecular complexity index is 2850. The van der Waals surface area contributed by atoms with Crippen molar-refractivity contribution in [1.29, 1.82) is 0 Å². The fourth-order valence-electron chi connectivity index (χ4n) is 7.80. The molecule has 0 radical (unpaired) electrons. The van der Waals surface area contributed by atoms with E-state index >= 15 is 0 Å². The average Bonchev–Trinajstić information content (AvgIpc) is 3.76. The topological polar surface area (TPSA) is 26.9 Å². The number of aryl methyl sites for hydroxylation is 2. The highest BCUT2D eigenvalue weighted by molar-refractivity contribution is 6.26. The highest BCUT2D eigenvalue weighted by Gasteiger charge is 2.26. The molecule has 0 atom stereocenters. The number of fused-ring (bicyclic) bond motifs is 10. The van der Waals surface area contributed by atoms with Gasteiger partial charge in [0.15, 0.2) is 6.20 Å². The summed E-state index contributed by atoms with van der Waals surface area (Å²) in [7, 11) is 2.15. The predicted octanol–water partition coefficient (Wildman–Crippen LogP) is 10.6. The van der Waals surface area contributed by atoms with Crippen LogP contribution in [0, 0.1) is 6.92 Å². The highest BCUT2D eigenvalue weighted by atomic mass is 16.3. The maximum absolute atomic E-state index is 6.59. The van der Waals surface area contributed by atoms with Gasteiger partial charge in [0.05, 0.1) is 33.0 Å². The molecule has 4 heterocycles. The first kappa shape index (κ1) is 26.1. The molecule has 0 fully saturated rings. The molecule has 0 N–H and O–H groups in total. The maximum Gasteiger partial charge on any atom is 0.218 e. The van der Waals surface area contributed by atoms with Crippen molar-refractivity contribution in [2.45, 2.75) is 6.92 Å². The van der Waals surface area contributed by atoms with Gasteiger partial charge in [0.1, 0.15) is 18.2 Å². The molecule has 10 aromatic rings. The number of aromatic nitrogens is 3. The van der Waals surface area contributed by atoms with E-state index in [1.165, 1.54) is 43.7 Å². The number of furan rings is 1. The van der Waals surface area contributed by atoms with Crippen molar-refractivity contribution in [2.75, 3.05) is 0 Å². The number of benzene rings is 6. The first-order chi connectivity index (χ1) is 23.2. The van der Waals surface area contributed by atoms with Gasteiger partial charge in [0.25, 0.3) is 0 Å². The minimum Gasteiger partial charge on any atom is -0.455 e. The van der Waals surface area contributed by atoms with Crippen LogP contribution in [-0.4, -0.2) is 9.13 Å². The molecular formula is C43H30N3O+. The van der Waals surface area contributed by atoms with Gasteiger partial charge in [-0.2, -0.15) is 0 Å². The summed E-state index contributed by atoms with van der Waals surface area (Å²) >= 11 is 0. The van der Waals surface area contributed by atoms with Gasteiger partial charge >= 0.3 is 0 Å². The molecule has 0 unspecified atom stereocenters. The van der Waals surface area contributed by atoms with Gasteiger partial charge < -0.3 is 13.6 Å². The Morgan fingerprint density at radius 2 is 1.19 bits per heavy atom. The van der Waals surface area contributed by atoms with E-state index in [1.54, 1.807) is 0 Å². The number of hydrogen-bond acceptors (Lipinski definition) is 1. The summed E-state index contributed by atoms with van der Waals surface area (Å²) in [5, 5.41) is 7.21. The summed E-state index contributed by atoms with van der Waals surface area (Å²) in [6, 6.07) is 50.0. The zero-order valence-corrected chi connectivity index (χ0v) is 26.1. The number of pyridine rings is 1. The van der Waals surface area contributed by atoms with Crippen molar-refractivity contribution in [1.82, 2.24) is 9.13 Å². The fraction of sp³-hybridized carbons (Fsp3) is 0.0465. The van der Waals surface area contributed by atoms with E-state index in [1.807, 2.05) is 6.07 Å². The summed E-state index contributed by atoms with van der Waals surface area (Å²) in [6.45, 7) is 2.18. The van der Waals surface area contributed by atoms with Crippen LogP contribution in [0.15, 0.2) is 150 Å². The summed E-state index contributed by atoms with van der Waals surface area (Å²) < 4.78 is 13.7. The molecule has 4 heteroatoms. The van der Waals surface area contributed by atoms with Gasteiger partial charge in [-0.15, -0.1) is 0 Å². The molecule has 0 aliphatic heterocycles. The van der Waals surface area contributed by atoms with Crippen LogP contribution in [0.3, 0.4) is 0 Å². The minimum atomic E-state index is 0.911. The third-order valence-electron chi connectivity index (χ3n) is 9.86. The normalized spacial score (nSPS) is 12.0. The van der Waals surface area contributed by atoms with Crippen LogP contribution in [0.1, 0.15) is 5.56 Å². The third kappa shape index (κ3) is 3.61. The second-order valence-electron chi connectivity index (χ2n) is 12.5. The zero-order valence-electron chi connectivity index (χ0n) is 26.1. The highest BCUT2D eigenvalue weighted by Crippen LogP contribution is 2.43. The van der Waals surface area contributed by atoms with Crippen molar-refractivity contribution < 1.29 is 8.98 Å². The molecular weight excluding hydrogens is 574 g/mol. The molecule has 0 spiro atoms. The van der Waals surface area contributed by atoms with Crippen molar-refractivity contribution in [3.05, 3.63) is 151 Å². The Kier molecular flexibility index (Phi) is 5.38. The first-order valence-corrected chi connectivity index (χ1v) is 16.1. The molecule has 6 aromatic carbocycles. The van der Waals surface area contributed by atoms with Crippen LogP contribution in [-0.2, 0) is 7.05 Å². The number of nitrogens with zero attached hydrogens (tertiary/aromatic N) is 3. The number of rotatable bonds is 3. The Balaban J connectivity index is 1.38. The van der Waals surface area contributed by atoms with E-state index in [4.69, 9.17) is 4.42 Å². The van der Waals surface area contributed by atoms with Gasteiger partial charge in [0, 0.05) is 44.4 Å². The molecule has 0 aliphatic rings. The van der Waals surface area contributed by atoms with E-state index < -0.39 is 0 Å². The molecule has 0 bridgehead atoms. The van der Waals surface area contributed by atoms with Gasteiger partial charge in [-0.3, -0.25) is 0 Å². The van der Waals surface area contributed by atoms with Gasteiger partial charge in [0.2, 0.25) is 5.69 Å². The molecule has 4 nitrogen and oxygen atoms in total. The lowest BCUT2D eigenvalue weighted by Gasteiger charge is -2.10. The molecule has 0 saturated carbocycles. The second kappa shape index (κ2) is 9.68. The smallest absolute Gasteiger partial charge is 0.218 e. The molecule has 47 heavy (non-hydrogen) atoms. The zero-order chi connectivity index (χ0) is 31.2. The van der Waals surface area contributed by atoms with Crippen LogP contribution >= 0.6 is 0 Å². The largest absolute Gasteiger partial charge is 0.455 e. The second-order valence-corrected chi connectivity index (χ2v) is 12.5. The number of para-hydroxylation sites is 4. The predicted molar refractivity (Wildman–Crippen MR) is 194 cm³/mol. The Morgan fingerprint density at radius 3 is 1.98 bits per heavy atom. The quantitative estimate of drug-likeness (QED) is 0.184. The van der Waals surface area contributed by atoms with Crippen LogP contribution in [0.2, 0.25) is 0 Å². The maximum atomic E-state index is 6.59. The summed E-state index contributed by atoms with van der Waals surface area (Å²) in [5.41, 5.74) is 12.3. The van der Waals surface area contributed by atoms with Crippen LogP contribution in [0.25, 0.3) is 88.2 Å². The van der Waals surface area contributed by atoms with Crippen molar-refractivity contribution >= 4 is 65.6 Å². The van der Waals surface area contributed by atoms with E-state index in [-0.39, 0.29) is 0 Å². The van der Waals surface area contributed by atoms with Crippen LogP contribution < -0.4 is 4.57 Å². The molecule has 4 aromatic heterocycles. The Hall–Kier alpha value is -6.13. The standard InChI is InChI=1S/C43H30N3O/c1-27-21-22-32-30-17-10-12-20-39(30)47-43(32)40(27)38-25-37-34(26-44(38)2)31-23-24-36-41(42(31)46(37)29-15-7-4-8-16-29)33-18-9-11-19-35(33)45(36)28-13-5-3-6-14-28/h3-26H,1-2H3/q+1. The average molecular weight is 605 g/mol. The van der Waals surface area contributed by atoms with Gasteiger partial charge in [-0.1, -0.05) is 84.9 Å². The molecule has 222 valence electrons. The summed E-state index contributed by atoms with van der Waals surface area (Å²) in [4.78, 5) is 0. The summed E-state index contributed by atoms with van der Waals surface area (Å²) in [5.74, 6) is 0. The SMILES string of the molecule is Cc1ccc2c(oc3ccccc32)c1-c1cc2c(c[n+]1C)c1ccc3c(c4ccccc4n3-c3ccccc3)c1n2-c1ccccc1. The monoisotopic (exact) mass is 604 g/mol. The Labute approximate surface area is 270 Å². The molecule has 0 saturated heterocycles. The molecule has 0 amide bonds. The lowest BCUT2D eigenvalue weighted by atomic mass is 10.00. The van der Waals surface area contributed by atoms with Crippen LogP contribution in [0.4, 0.5) is 0 Å². The minimum absolute atomic E-state index is 0.911. The third-order valence-corrected chi connectivity index (χ3v) is 9.86. The van der Waals surface area contributed by atoms with E-state index in [9.17, 15) is 0 Å². The van der Waals surface area contributed by atoms with Gasteiger partial charge in [-0.05, 0) is 61.0 Å². The Morgan fingerprint density at radius 1 is 0.532 bits per heavy atom. The van der Waals surface area contributed by atoms with Crippen LogP contribution in [0.5, 0.6) is 0 Å². The number of hydrogen-bond donors (Lipinski definition) is 0.